The maximum atomic E-state index is 12.9. The summed E-state index contributed by atoms with van der Waals surface area (Å²) in [4.78, 5) is 14.9. The third-order valence-electron chi connectivity index (χ3n) is 4.17. The van der Waals surface area contributed by atoms with Crippen LogP contribution in [-0.4, -0.2) is 31.8 Å². The Kier molecular flexibility index (Phi) is 7.16. The van der Waals surface area contributed by atoms with Crippen LogP contribution in [0.15, 0.2) is 59.5 Å². The van der Waals surface area contributed by atoms with Crippen LogP contribution >= 0.6 is 0 Å². The number of rotatable bonds is 8. The Bertz CT molecular complexity index is 845. The lowest BCUT2D eigenvalue weighted by Crippen LogP contribution is -2.36. The maximum Gasteiger partial charge on any atom is 0.254 e. The van der Waals surface area contributed by atoms with Gasteiger partial charge in [0.15, 0.2) is 0 Å². The Hall–Kier alpha value is -2.18. The molecule has 0 aliphatic rings. The van der Waals surface area contributed by atoms with Gasteiger partial charge in [-0.2, -0.15) is 0 Å². The number of hydrogen-bond acceptors (Lipinski definition) is 3. The van der Waals surface area contributed by atoms with Crippen LogP contribution in [0.2, 0.25) is 0 Å². The molecule has 0 aliphatic heterocycles. The molecule has 1 N–H and O–H groups in total. The number of nitrogens with one attached hydrogen (secondary N) is 1. The summed E-state index contributed by atoms with van der Waals surface area (Å²) < 4.78 is 27.2. The number of sulfonamides is 1. The molecule has 5 nitrogen and oxygen atoms in total. The Morgan fingerprint density at radius 1 is 0.963 bits per heavy atom. The van der Waals surface area contributed by atoms with Gasteiger partial charge in [0.25, 0.3) is 5.91 Å². The second kappa shape index (κ2) is 9.15. The molecule has 0 radical (unpaired) electrons. The molecule has 2 aromatic carbocycles. The topological polar surface area (TPSA) is 66.5 Å². The molecular weight excluding hydrogens is 360 g/mol. The molecule has 0 spiro atoms. The van der Waals surface area contributed by atoms with Gasteiger partial charge in [0, 0.05) is 24.7 Å². The van der Waals surface area contributed by atoms with E-state index in [0.717, 1.165) is 5.56 Å². The summed E-state index contributed by atoms with van der Waals surface area (Å²) in [6, 6.07) is 15.9. The van der Waals surface area contributed by atoms with Crippen molar-refractivity contribution in [2.45, 2.75) is 45.2 Å². The Morgan fingerprint density at radius 2 is 1.56 bits per heavy atom. The predicted molar refractivity (Wildman–Crippen MR) is 108 cm³/mol. The fraction of sp³-hybridized carbons (Fsp3) is 0.381. The molecule has 27 heavy (non-hydrogen) atoms. The van der Waals surface area contributed by atoms with Crippen LogP contribution in [-0.2, 0) is 16.6 Å². The summed E-state index contributed by atoms with van der Waals surface area (Å²) >= 11 is 0. The average Bonchev–Trinajstić information content (AvgIpc) is 2.65. The van der Waals surface area contributed by atoms with E-state index >= 15 is 0 Å². The third-order valence-corrected chi connectivity index (χ3v) is 5.61. The molecule has 0 saturated carbocycles. The molecule has 0 saturated heterocycles. The average molecular weight is 389 g/mol. The lowest BCUT2D eigenvalue weighted by atomic mass is 10.1. The second-order valence-corrected chi connectivity index (χ2v) is 9.05. The molecule has 0 aromatic heterocycles. The van der Waals surface area contributed by atoms with Gasteiger partial charge in [-0.3, -0.25) is 4.79 Å². The van der Waals surface area contributed by atoms with Crippen molar-refractivity contribution in [3.8, 4) is 0 Å². The quantitative estimate of drug-likeness (QED) is 0.750. The normalized spacial score (nSPS) is 11.8. The Labute approximate surface area is 162 Å². The van der Waals surface area contributed by atoms with Crippen LogP contribution in [0, 0.1) is 5.92 Å². The minimum absolute atomic E-state index is 0.0221. The van der Waals surface area contributed by atoms with Crippen molar-refractivity contribution in [1.82, 2.24) is 9.62 Å². The highest BCUT2D eigenvalue weighted by Gasteiger charge is 2.20. The van der Waals surface area contributed by atoms with Crippen molar-refractivity contribution in [3.63, 3.8) is 0 Å². The molecule has 0 aliphatic carbocycles. The molecule has 2 rings (SSSR count). The first-order valence-electron chi connectivity index (χ1n) is 9.15. The zero-order chi connectivity index (χ0) is 20.0. The predicted octanol–water partition coefficient (Wildman–Crippen LogP) is 3.67. The maximum absolute atomic E-state index is 12.9. The van der Waals surface area contributed by atoms with Crippen LogP contribution in [0.1, 0.15) is 43.6 Å². The van der Waals surface area contributed by atoms with Crippen molar-refractivity contribution in [2.75, 3.05) is 6.54 Å². The fourth-order valence-electron chi connectivity index (χ4n) is 2.57. The number of carbonyl (C=O) groups is 1. The van der Waals surface area contributed by atoms with Crippen LogP contribution in [0.5, 0.6) is 0 Å². The van der Waals surface area contributed by atoms with Gasteiger partial charge in [0.05, 0.1) is 4.90 Å². The van der Waals surface area contributed by atoms with Crippen molar-refractivity contribution in [3.05, 3.63) is 65.7 Å². The molecule has 0 heterocycles. The van der Waals surface area contributed by atoms with E-state index in [1.54, 1.807) is 17.0 Å². The molecule has 6 heteroatoms. The highest BCUT2D eigenvalue weighted by molar-refractivity contribution is 7.89. The van der Waals surface area contributed by atoms with Crippen LogP contribution < -0.4 is 4.72 Å². The van der Waals surface area contributed by atoms with Gasteiger partial charge in [-0.15, -0.1) is 0 Å². The first-order valence-corrected chi connectivity index (χ1v) is 10.6. The van der Waals surface area contributed by atoms with Crippen molar-refractivity contribution in [2.24, 2.45) is 5.92 Å². The van der Waals surface area contributed by atoms with Gasteiger partial charge < -0.3 is 4.90 Å². The number of nitrogens with zero attached hydrogens (tertiary/aromatic N) is 1. The lowest BCUT2D eigenvalue weighted by molar-refractivity contribution is 0.0690. The monoisotopic (exact) mass is 388 g/mol. The number of benzene rings is 2. The van der Waals surface area contributed by atoms with Gasteiger partial charge in [0.2, 0.25) is 10.0 Å². The third kappa shape index (κ3) is 5.91. The van der Waals surface area contributed by atoms with Crippen LogP contribution in [0.3, 0.4) is 0 Å². The highest BCUT2D eigenvalue weighted by Crippen LogP contribution is 2.16. The van der Waals surface area contributed by atoms with Crippen molar-refractivity contribution in [1.29, 1.82) is 0 Å². The molecule has 146 valence electrons. The molecule has 0 atom stereocenters. The number of amides is 1. The summed E-state index contributed by atoms with van der Waals surface area (Å²) in [6.07, 6.45) is 0. The van der Waals surface area contributed by atoms with Crippen molar-refractivity contribution < 1.29 is 13.2 Å². The summed E-state index contributed by atoms with van der Waals surface area (Å²) in [5.41, 5.74) is 1.53. The molecule has 0 unspecified atom stereocenters. The molecule has 2 aromatic rings. The Morgan fingerprint density at radius 3 is 2.07 bits per heavy atom. The van der Waals surface area contributed by atoms with Gasteiger partial charge in [-0.05, 0) is 49.6 Å². The minimum atomic E-state index is -3.56. The van der Waals surface area contributed by atoms with Gasteiger partial charge in [-0.1, -0.05) is 44.2 Å². The van der Waals surface area contributed by atoms with E-state index in [-0.39, 0.29) is 22.8 Å². The fourth-order valence-corrected chi connectivity index (χ4v) is 3.79. The molecule has 0 bridgehead atoms. The zero-order valence-electron chi connectivity index (χ0n) is 16.3. The lowest BCUT2D eigenvalue weighted by Gasteiger charge is -2.27. The smallest absolute Gasteiger partial charge is 0.254 e. The minimum Gasteiger partial charge on any atom is -0.332 e. The first-order chi connectivity index (χ1) is 12.7. The molecule has 0 fully saturated rings. The second-order valence-electron chi connectivity index (χ2n) is 7.28. The van der Waals surface area contributed by atoms with Crippen LogP contribution in [0.4, 0.5) is 0 Å². The SMILES string of the molecule is CC(C)CNS(=O)(=O)c1ccc(C(=O)N(Cc2ccccc2)C(C)C)cc1. The van der Waals surface area contributed by atoms with E-state index < -0.39 is 10.0 Å². The number of carbonyl (C=O) groups excluding carboxylic acids is 1. The molecular formula is C21H28N2O3S. The Balaban J connectivity index is 2.17. The molecule has 1 amide bonds. The number of hydrogen-bond donors (Lipinski definition) is 1. The zero-order valence-corrected chi connectivity index (χ0v) is 17.2. The van der Waals surface area contributed by atoms with Gasteiger partial charge in [0.1, 0.15) is 0 Å². The van der Waals surface area contributed by atoms with Crippen molar-refractivity contribution >= 4 is 15.9 Å². The van der Waals surface area contributed by atoms with E-state index in [1.807, 2.05) is 58.0 Å². The summed E-state index contributed by atoms with van der Waals surface area (Å²) in [6.45, 7) is 8.70. The van der Waals surface area contributed by atoms with E-state index in [9.17, 15) is 13.2 Å². The van der Waals surface area contributed by atoms with Gasteiger partial charge in [-0.25, -0.2) is 13.1 Å². The van der Waals surface area contributed by atoms with Gasteiger partial charge >= 0.3 is 0 Å². The summed E-state index contributed by atoms with van der Waals surface area (Å²) in [5, 5.41) is 0. The van der Waals surface area contributed by atoms with E-state index in [4.69, 9.17) is 0 Å². The standard InChI is InChI=1S/C21H28N2O3S/c1-16(2)14-22-27(25,26)20-12-10-19(11-13-20)21(24)23(17(3)4)15-18-8-6-5-7-9-18/h5-13,16-17,22H,14-15H2,1-4H3. The highest BCUT2D eigenvalue weighted by atomic mass is 32.2. The summed E-state index contributed by atoms with van der Waals surface area (Å²) in [5.74, 6) is 0.103. The first kappa shape index (κ1) is 21.1. The van der Waals surface area contributed by atoms with E-state index in [0.29, 0.717) is 18.7 Å². The van der Waals surface area contributed by atoms with E-state index in [2.05, 4.69) is 4.72 Å². The van der Waals surface area contributed by atoms with E-state index in [1.165, 1.54) is 12.1 Å². The summed E-state index contributed by atoms with van der Waals surface area (Å²) in [7, 11) is -3.56. The largest absolute Gasteiger partial charge is 0.332 e. The van der Waals surface area contributed by atoms with Crippen LogP contribution in [0.25, 0.3) is 0 Å².